The Labute approximate surface area is 295 Å². The van der Waals surface area contributed by atoms with E-state index in [0.717, 1.165) is 0 Å². The number of ether oxygens (including phenoxy) is 1. The Hall–Kier alpha value is -3.79. The number of hydrogen-bond acceptors (Lipinski definition) is 10. The van der Waals surface area contributed by atoms with Crippen molar-refractivity contribution in [2.45, 2.75) is 111 Å². The van der Waals surface area contributed by atoms with Crippen LogP contribution in [0, 0.1) is 17.3 Å². The molecule has 1 fully saturated rings. The molecule has 1 aromatic rings. The van der Waals surface area contributed by atoms with Crippen LogP contribution < -0.4 is 37.1 Å². The average Bonchev–Trinajstić information content (AvgIpc) is 3.02. The van der Waals surface area contributed by atoms with E-state index in [9.17, 15) is 34.2 Å². The molecule has 1 aliphatic rings. The van der Waals surface area contributed by atoms with Crippen molar-refractivity contribution in [2.75, 3.05) is 26.2 Å². The SMILES string of the molecule is CCC(C)C(NC(=O)C(Cc1ccc(OC(=O)N2CCNCC2)cc1)NC(O)NC(CC(C)C)C(=O)O)C(=O)NC(C)(C)CC(C)(C)C(N)=O. The number of carboxylic acids is 1. The molecule has 0 saturated carbocycles. The monoisotopic (exact) mass is 705 g/mol. The van der Waals surface area contributed by atoms with Crippen molar-refractivity contribution in [3.8, 4) is 5.75 Å². The molecule has 1 aliphatic heterocycles. The van der Waals surface area contributed by atoms with E-state index in [1.807, 2.05) is 27.7 Å². The van der Waals surface area contributed by atoms with Crippen LogP contribution in [-0.4, -0.2) is 101 Å². The molecule has 1 heterocycles. The second kappa shape index (κ2) is 19.0. The van der Waals surface area contributed by atoms with E-state index in [-0.39, 0.29) is 31.1 Å². The molecule has 4 amide bonds. The van der Waals surface area contributed by atoms with Gasteiger partial charge in [-0.1, -0.05) is 60.1 Å². The zero-order chi connectivity index (χ0) is 37.8. The van der Waals surface area contributed by atoms with E-state index in [4.69, 9.17) is 10.5 Å². The number of nitrogens with two attached hydrogens (primary N) is 1. The highest BCUT2D eigenvalue weighted by atomic mass is 16.6. The second-order valence-corrected chi connectivity index (χ2v) is 14.9. The van der Waals surface area contributed by atoms with E-state index in [1.165, 1.54) is 0 Å². The van der Waals surface area contributed by atoms with E-state index in [2.05, 4.69) is 26.6 Å². The lowest BCUT2D eigenvalue weighted by atomic mass is 9.79. The van der Waals surface area contributed by atoms with Gasteiger partial charge < -0.3 is 41.5 Å². The Morgan fingerprint density at radius 2 is 1.54 bits per heavy atom. The number of hydrogen-bond donors (Lipinski definition) is 8. The van der Waals surface area contributed by atoms with Crippen molar-refractivity contribution >= 4 is 29.8 Å². The van der Waals surface area contributed by atoms with Crippen LogP contribution >= 0.6 is 0 Å². The Bertz CT molecular complexity index is 1300. The number of carbonyl (C=O) groups is 5. The molecule has 0 bridgehead atoms. The van der Waals surface area contributed by atoms with Crippen molar-refractivity contribution in [1.29, 1.82) is 0 Å². The fourth-order valence-corrected chi connectivity index (χ4v) is 5.91. The fraction of sp³-hybridized carbons (Fsp3) is 0.686. The molecule has 0 aromatic heterocycles. The largest absolute Gasteiger partial charge is 0.480 e. The van der Waals surface area contributed by atoms with Crippen molar-refractivity contribution in [3.05, 3.63) is 29.8 Å². The Balaban J connectivity index is 2.30. The quantitative estimate of drug-likeness (QED) is 0.0958. The fourth-order valence-electron chi connectivity index (χ4n) is 5.91. The molecule has 15 nitrogen and oxygen atoms in total. The van der Waals surface area contributed by atoms with Gasteiger partial charge in [0, 0.05) is 37.1 Å². The first-order chi connectivity index (χ1) is 23.2. The summed E-state index contributed by atoms with van der Waals surface area (Å²) in [6.07, 6.45) is -0.972. The van der Waals surface area contributed by atoms with E-state index < -0.39 is 65.2 Å². The molecule has 1 saturated heterocycles. The van der Waals surface area contributed by atoms with Crippen molar-refractivity contribution < 1.29 is 38.9 Å². The number of nitrogens with zero attached hydrogens (tertiary/aromatic N) is 1. The number of carboxylic acid groups (broad SMARTS) is 1. The number of primary amides is 1. The molecule has 5 unspecified atom stereocenters. The predicted molar refractivity (Wildman–Crippen MR) is 189 cm³/mol. The van der Waals surface area contributed by atoms with Crippen LogP contribution in [-0.2, 0) is 25.6 Å². The first-order valence-corrected chi connectivity index (χ1v) is 17.4. The van der Waals surface area contributed by atoms with Crippen molar-refractivity contribution in [3.63, 3.8) is 0 Å². The maximum atomic E-state index is 13.9. The predicted octanol–water partition coefficient (Wildman–Crippen LogP) is 1.28. The van der Waals surface area contributed by atoms with E-state index >= 15 is 0 Å². The number of aliphatic hydroxyl groups excluding tert-OH is 1. The van der Waals surface area contributed by atoms with Gasteiger partial charge in [0.25, 0.3) is 0 Å². The lowest BCUT2D eigenvalue weighted by Gasteiger charge is -2.36. The Morgan fingerprint density at radius 3 is 2.06 bits per heavy atom. The van der Waals surface area contributed by atoms with Gasteiger partial charge in [-0.05, 0) is 62.6 Å². The summed E-state index contributed by atoms with van der Waals surface area (Å²) in [5.74, 6) is -2.67. The minimum absolute atomic E-state index is 0.0155. The van der Waals surface area contributed by atoms with Gasteiger partial charge in [-0.2, -0.15) is 0 Å². The number of carbonyl (C=O) groups excluding carboxylic acids is 4. The minimum atomic E-state index is -1.59. The molecule has 0 aliphatic carbocycles. The lowest BCUT2D eigenvalue weighted by molar-refractivity contribution is -0.141. The molecule has 1 aromatic carbocycles. The van der Waals surface area contributed by atoms with Crippen LogP contribution in [0.25, 0.3) is 0 Å². The number of piperazine rings is 1. The minimum Gasteiger partial charge on any atom is -0.480 e. The Kier molecular flexibility index (Phi) is 16.1. The first-order valence-electron chi connectivity index (χ1n) is 17.4. The number of benzene rings is 1. The van der Waals surface area contributed by atoms with Crippen LogP contribution in [0.1, 0.15) is 80.2 Å². The molecular formula is C35H59N7O8. The summed E-state index contributed by atoms with van der Waals surface area (Å²) >= 11 is 0. The zero-order valence-electron chi connectivity index (χ0n) is 30.8. The summed E-state index contributed by atoms with van der Waals surface area (Å²) in [5, 5.41) is 35.0. The smallest absolute Gasteiger partial charge is 0.415 e. The molecule has 282 valence electrons. The van der Waals surface area contributed by atoms with Gasteiger partial charge in [-0.3, -0.25) is 29.8 Å². The van der Waals surface area contributed by atoms with Gasteiger partial charge in [-0.25, -0.2) is 4.79 Å². The number of aliphatic hydroxyl groups is 1. The lowest BCUT2D eigenvalue weighted by Crippen LogP contribution is -2.61. The van der Waals surface area contributed by atoms with E-state index in [0.29, 0.717) is 43.9 Å². The number of amides is 4. The summed E-state index contributed by atoms with van der Waals surface area (Å²) in [5.41, 5.74) is 4.47. The third-order valence-electron chi connectivity index (χ3n) is 8.79. The summed E-state index contributed by atoms with van der Waals surface area (Å²) in [7, 11) is 0. The van der Waals surface area contributed by atoms with Crippen LogP contribution in [0.4, 0.5) is 4.79 Å². The second-order valence-electron chi connectivity index (χ2n) is 14.9. The average molecular weight is 706 g/mol. The summed E-state index contributed by atoms with van der Waals surface area (Å²) in [4.78, 5) is 65.6. The molecule has 50 heavy (non-hydrogen) atoms. The highest BCUT2D eigenvalue weighted by Gasteiger charge is 2.37. The third-order valence-corrected chi connectivity index (χ3v) is 8.79. The number of nitrogens with one attached hydrogen (secondary N) is 5. The maximum Gasteiger partial charge on any atom is 0.415 e. The summed E-state index contributed by atoms with van der Waals surface area (Å²) < 4.78 is 5.51. The van der Waals surface area contributed by atoms with Crippen LogP contribution in [0.3, 0.4) is 0 Å². The van der Waals surface area contributed by atoms with Crippen LogP contribution in [0.5, 0.6) is 5.75 Å². The topological polar surface area (TPSA) is 224 Å². The van der Waals surface area contributed by atoms with Gasteiger partial charge in [0.2, 0.25) is 17.7 Å². The summed E-state index contributed by atoms with van der Waals surface area (Å²) in [6.45, 7) is 16.8. The third kappa shape index (κ3) is 13.8. The molecular weight excluding hydrogens is 646 g/mol. The standard InChI is InChI=1S/C35H59N7O8/c1-9-22(4)27(29(44)41-35(7,8)20-34(5,6)31(36)47)40-28(43)25(38-32(48)39-26(30(45)46)18-21(2)3)19-23-10-12-24(13-11-23)50-33(49)42-16-14-37-15-17-42/h10-13,21-22,25-27,32,37-39,48H,9,14-20H2,1-8H3,(H2,36,47)(H,40,43)(H,41,44)(H,45,46). The highest BCUT2D eigenvalue weighted by Crippen LogP contribution is 2.28. The van der Waals surface area contributed by atoms with Crippen LogP contribution in [0.15, 0.2) is 24.3 Å². The molecule has 5 atom stereocenters. The summed E-state index contributed by atoms with van der Waals surface area (Å²) in [6, 6.07) is 3.39. The van der Waals surface area contributed by atoms with Gasteiger partial charge in [0.15, 0.2) is 6.35 Å². The van der Waals surface area contributed by atoms with Gasteiger partial charge in [0.1, 0.15) is 17.8 Å². The van der Waals surface area contributed by atoms with Crippen molar-refractivity contribution in [2.24, 2.45) is 23.0 Å². The molecule has 15 heteroatoms. The number of rotatable bonds is 19. The van der Waals surface area contributed by atoms with Crippen LogP contribution in [0.2, 0.25) is 0 Å². The Morgan fingerprint density at radius 1 is 0.960 bits per heavy atom. The zero-order valence-corrected chi connectivity index (χ0v) is 30.8. The van der Waals surface area contributed by atoms with Gasteiger partial charge in [-0.15, -0.1) is 0 Å². The van der Waals surface area contributed by atoms with Crippen molar-refractivity contribution in [1.82, 2.24) is 31.5 Å². The highest BCUT2D eigenvalue weighted by molar-refractivity contribution is 5.90. The number of aliphatic carboxylic acids is 1. The molecule has 9 N–H and O–H groups in total. The molecule has 0 radical (unpaired) electrons. The van der Waals surface area contributed by atoms with Gasteiger partial charge in [0.05, 0.1) is 6.04 Å². The molecule has 2 rings (SSSR count). The maximum absolute atomic E-state index is 13.9. The van der Waals surface area contributed by atoms with E-state index in [1.54, 1.807) is 56.9 Å². The first kappa shape index (κ1) is 42.4. The normalized spacial score (nSPS) is 16.9. The molecule has 0 spiro atoms. The van der Waals surface area contributed by atoms with Gasteiger partial charge >= 0.3 is 12.1 Å².